The molecule has 1 fully saturated rings. The summed E-state index contributed by atoms with van der Waals surface area (Å²) in [5.41, 5.74) is 7.96. The minimum absolute atomic E-state index is 0.274. The molecule has 1 aliphatic rings. The number of hydrogen-bond acceptors (Lipinski definition) is 4. The van der Waals surface area contributed by atoms with Crippen LogP contribution < -0.4 is 10.6 Å². The number of aliphatic hydroxyl groups excluding tert-OH is 1. The summed E-state index contributed by atoms with van der Waals surface area (Å²) >= 11 is 0. The van der Waals surface area contributed by atoms with E-state index in [2.05, 4.69) is 11.0 Å². The molecule has 0 unspecified atom stereocenters. The van der Waals surface area contributed by atoms with Gasteiger partial charge in [0.2, 0.25) is 0 Å². The van der Waals surface area contributed by atoms with Crippen LogP contribution in [-0.4, -0.2) is 24.8 Å². The second-order valence-electron chi connectivity index (χ2n) is 4.83. The van der Waals surface area contributed by atoms with E-state index >= 15 is 0 Å². The quantitative estimate of drug-likeness (QED) is 0.795. The molecule has 4 nitrogen and oxygen atoms in total. The van der Waals surface area contributed by atoms with Gasteiger partial charge >= 0.3 is 0 Å². The molecule has 0 saturated carbocycles. The minimum atomic E-state index is 0.274. The van der Waals surface area contributed by atoms with Crippen molar-refractivity contribution in [3.63, 3.8) is 0 Å². The van der Waals surface area contributed by atoms with Crippen LogP contribution in [0.5, 0.6) is 0 Å². The van der Waals surface area contributed by atoms with Gasteiger partial charge < -0.3 is 15.7 Å². The topological polar surface area (TPSA) is 73.3 Å². The Morgan fingerprint density at radius 1 is 1.39 bits per heavy atom. The maximum atomic E-state index is 9.14. The molecule has 1 aliphatic heterocycles. The summed E-state index contributed by atoms with van der Waals surface area (Å²) in [6.45, 7) is 2.17. The number of nitrogens with two attached hydrogens (primary N) is 1. The van der Waals surface area contributed by atoms with Gasteiger partial charge in [0.1, 0.15) is 6.07 Å². The summed E-state index contributed by atoms with van der Waals surface area (Å²) in [5, 5.41) is 18.1. The summed E-state index contributed by atoms with van der Waals surface area (Å²) in [7, 11) is 0. The lowest BCUT2D eigenvalue weighted by Crippen LogP contribution is -2.34. The Kier molecular flexibility index (Phi) is 4.06. The Labute approximate surface area is 108 Å². The Hall–Kier alpha value is -1.73. The van der Waals surface area contributed by atoms with Crippen LogP contribution in [-0.2, 0) is 0 Å². The van der Waals surface area contributed by atoms with Crippen molar-refractivity contribution in [2.75, 3.05) is 30.3 Å². The predicted octanol–water partition coefficient (Wildman–Crippen LogP) is 1.74. The molecular formula is C14H19N3O. The lowest BCUT2D eigenvalue weighted by Gasteiger charge is -2.34. The Morgan fingerprint density at radius 3 is 2.72 bits per heavy atom. The lowest BCUT2D eigenvalue weighted by molar-refractivity contribution is 0.240. The van der Waals surface area contributed by atoms with Crippen LogP contribution >= 0.6 is 0 Å². The first-order valence-electron chi connectivity index (χ1n) is 6.40. The Morgan fingerprint density at radius 2 is 2.11 bits per heavy atom. The molecule has 18 heavy (non-hydrogen) atoms. The van der Waals surface area contributed by atoms with Crippen molar-refractivity contribution in [1.82, 2.24) is 0 Å². The zero-order valence-electron chi connectivity index (χ0n) is 10.5. The van der Waals surface area contributed by atoms with Crippen molar-refractivity contribution in [2.24, 2.45) is 5.92 Å². The molecule has 0 atom stereocenters. The van der Waals surface area contributed by atoms with E-state index < -0.39 is 0 Å². The van der Waals surface area contributed by atoms with Gasteiger partial charge in [0.05, 0.1) is 11.3 Å². The maximum Gasteiger partial charge on any atom is 0.101 e. The van der Waals surface area contributed by atoms with Crippen LogP contribution in [0.2, 0.25) is 0 Å². The minimum Gasteiger partial charge on any atom is -0.399 e. The largest absolute Gasteiger partial charge is 0.399 e. The molecule has 1 heterocycles. The number of hydrogen-bond donors (Lipinski definition) is 2. The molecule has 2 rings (SSSR count). The normalized spacial score (nSPS) is 16.6. The standard InChI is InChI=1S/C14H19N3O/c15-10-12-9-13(16)1-2-14(12)17-6-3-11(4-7-17)5-8-18/h1-2,9,11,18H,3-8,16H2. The first kappa shape index (κ1) is 12.7. The molecule has 0 radical (unpaired) electrons. The van der Waals surface area contributed by atoms with Gasteiger partial charge in [0.15, 0.2) is 0 Å². The van der Waals surface area contributed by atoms with E-state index in [4.69, 9.17) is 16.1 Å². The second kappa shape index (κ2) is 5.74. The van der Waals surface area contributed by atoms with E-state index in [1.165, 1.54) is 0 Å². The fourth-order valence-corrected chi connectivity index (χ4v) is 2.56. The smallest absolute Gasteiger partial charge is 0.101 e. The van der Waals surface area contributed by atoms with Gasteiger partial charge in [-0.2, -0.15) is 5.26 Å². The SMILES string of the molecule is N#Cc1cc(N)ccc1N1CCC(CCO)CC1. The van der Waals surface area contributed by atoms with Gasteiger partial charge in [-0.15, -0.1) is 0 Å². The van der Waals surface area contributed by atoms with Crippen molar-refractivity contribution in [3.8, 4) is 6.07 Å². The van der Waals surface area contributed by atoms with E-state index in [1.807, 2.05) is 12.1 Å². The van der Waals surface area contributed by atoms with Crippen LogP contribution in [0.4, 0.5) is 11.4 Å². The van der Waals surface area contributed by atoms with Crippen molar-refractivity contribution in [1.29, 1.82) is 5.26 Å². The number of aliphatic hydroxyl groups is 1. The first-order chi connectivity index (χ1) is 8.74. The third kappa shape index (κ3) is 2.74. The molecule has 4 heteroatoms. The van der Waals surface area contributed by atoms with E-state index in [0.29, 0.717) is 17.2 Å². The first-order valence-corrected chi connectivity index (χ1v) is 6.40. The van der Waals surface area contributed by atoms with Crippen LogP contribution in [0.3, 0.4) is 0 Å². The molecule has 3 N–H and O–H groups in total. The van der Waals surface area contributed by atoms with Crippen LogP contribution in [0, 0.1) is 17.2 Å². The van der Waals surface area contributed by atoms with Gasteiger partial charge in [-0.05, 0) is 43.4 Å². The number of rotatable bonds is 3. The van der Waals surface area contributed by atoms with E-state index in [0.717, 1.165) is 38.0 Å². The second-order valence-corrected chi connectivity index (χ2v) is 4.83. The van der Waals surface area contributed by atoms with E-state index in [1.54, 1.807) is 6.07 Å². The zero-order chi connectivity index (χ0) is 13.0. The molecule has 1 aromatic carbocycles. The molecule has 1 saturated heterocycles. The van der Waals surface area contributed by atoms with Gasteiger partial charge in [-0.1, -0.05) is 0 Å². The molecule has 96 valence electrons. The Balaban J connectivity index is 2.08. The maximum absolute atomic E-state index is 9.14. The van der Waals surface area contributed by atoms with Gasteiger partial charge in [-0.3, -0.25) is 0 Å². The number of piperidine rings is 1. The summed E-state index contributed by atoms with van der Waals surface area (Å²) in [6.07, 6.45) is 3.05. The van der Waals surface area contributed by atoms with Gasteiger partial charge in [0.25, 0.3) is 0 Å². The van der Waals surface area contributed by atoms with Crippen LogP contribution in [0.15, 0.2) is 18.2 Å². The fourth-order valence-electron chi connectivity index (χ4n) is 2.56. The summed E-state index contributed by atoms with van der Waals surface area (Å²) in [6, 6.07) is 7.71. The van der Waals surface area contributed by atoms with E-state index in [9.17, 15) is 0 Å². The molecule has 0 aliphatic carbocycles. The Bertz CT molecular complexity index is 445. The number of nitriles is 1. The van der Waals surface area contributed by atoms with Gasteiger partial charge in [0, 0.05) is 25.4 Å². The number of anilines is 2. The average molecular weight is 245 g/mol. The average Bonchev–Trinajstić information content (AvgIpc) is 2.40. The third-order valence-corrected chi connectivity index (χ3v) is 3.63. The van der Waals surface area contributed by atoms with Gasteiger partial charge in [-0.25, -0.2) is 0 Å². The summed E-state index contributed by atoms with van der Waals surface area (Å²) < 4.78 is 0. The lowest BCUT2D eigenvalue weighted by atomic mass is 9.93. The van der Waals surface area contributed by atoms with Crippen LogP contribution in [0.1, 0.15) is 24.8 Å². The molecule has 1 aromatic rings. The fraction of sp³-hybridized carbons (Fsp3) is 0.500. The number of benzene rings is 1. The van der Waals surface area contributed by atoms with Crippen molar-refractivity contribution in [3.05, 3.63) is 23.8 Å². The van der Waals surface area contributed by atoms with Crippen molar-refractivity contribution < 1.29 is 5.11 Å². The molecule has 0 amide bonds. The molecule has 0 bridgehead atoms. The third-order valence-electron chi connectivity index (χ3n) is 3.63. The highest BCUT2D eigenvalue weighted by molar-refractivity contribution is 5.64. The van der Waals surface area contributed by atoms with E-state index in [-0.39, 0.29) is 6.61 Å². The highest BCUT2D eigenvalue weighted by Gasteiger charge is 2.20. The molecule has 0 aromatic heterocycles. The highest BCUT2D eigenvalue weighted by atomic mass is 16.3. The monoisotopic (exact) mass is 245 g/mol. The number of nitrogens with zero attached hydrogens (tertiary/aromatic N) is 2. The van der Waals surface area contributed by atoms with Crippen molar-refractivity contribution in [2.45, 2.75) is 19.3 Å². The molecular weight excluding hydrogens is 226 g/mol. The summed E-state index contributed by atoms with van der Waals surface area (Å²) in [5.74, 6) is 0.616. The summed E-state index contributed by atoms with van der Waals surface area (Å²) in [4.78, 5) is 2.24. The van der Waals surface area contributed by atoms with Crippen molar-refractivity contribution >= 4 is 11.4 Å². The molecule has 0 spiro atoms. The van der Waals surface area contributed by atoms with Crippen LogP contribution in [0.25, 0.3) is 0 Å². The zero-order valence-corrected chi connectivity index (χ0v) is 10.5. The number of nitrogen functional groups attached to an aromatic ring is 1. The predicted molar refractivity (Wildman–Crippen MR) is 72.2 cm³/mol. The highest BCUT2D eigenvalue weighted by Crippen LogP contribution is 2.28.